The number of hydrogen-bond donors (Lipinski definition) is 2. The molecule has 1 spiro atoms. The average Bonchev–Trinajstić information content (AvgIpc) is 2.72. The number of rotatable bonds is 4. The summed E-state index contributed by atoms with van der Waals surface area (Å²) in [4.78, 5) is 22.7. The zero-order valence-electron chi connectivity index (χ0n) is 13.1. The Bertz CT molecular complexity index is 642. The number of carboxylic acid groups (broad SMARTS) is 1. The van der Waals surface area contributed by atoms with Gasteiger partial charge in [-0.15, -0.1) is 0 Å². The van der Waals surface area contributed by atoms with Crippen LogP contribution in [-0.2, 0) is 11.3 Å². The van der Waals surface area contributed by atoms with Crippen LogP contribution >= 0.6 is 11.6 Å². The molecule has 0 atom stereocenters. The van der Waals surface area contributed by atoms with Crippen molar-refractivity contribution in [1.82, 2.24) is 9.78 Å². The van der Waals surface area contributed by atoms with E-state index in [1.54, 1.807) is 0 Å². The minimum absolute atomic E-state index is 0.0167. The molecule has 6 nitrogen and oxygen atoms in total. The lowest BCUT2D eigenvalue weighted by atomic mass is 9.61. The van der Waals surface area contributed by atoms with Crippen molar-refractivity contribution in [1.29, 1.82) is 0 Å². The Hall–Kier alpha value is -1.56. The van der Waals surface area contributed by atoms with E-state index in [0.717, 1.165) is 17.5 Å². The smallest absolute Gasteiger partial charge is 0.325 e. The van der Waals surface area contributed by atoms with Gasteiger partial charge in [0.25, 0.3) is 5.56 Å². The summed E-state index contributed by atoms with van der Waals surface area (Å²) in [6.07, 6.45) is 11.6. The van der Waals surface area contributed by atoms with Crippen LogP contribution in [0.4, 0.5) is 5.69 Å². The molecule has 0 radical (unpaired) electrons. The van der Waals surface area contributed by atoms with E-state index in [1.807, 2.05) is 0 Å². The minimum Gasteiger partial charge on any atom is -0.480 e. The lowest BCUT2D eigenvalue weighted by Crippen LogP contribution is -2.45. The van der Waals surface area contributed by atoms with E-state index < -0.39 is 18.1 Å². The third-order valence-electron chi connectivity index (χ3n) is 5.15. The van der Waals surface area contributed by atoms with Gasteiger partial charge in [0.05, 0.1) is 11.9 Å². The first kappa shape index (κ1) is 16.3. The number of carbonyl (C=O) groups is 1. The standard InChI is InChI=1S/C16H22ClN3O3/c17-14-12(9-18-20(15(14)23)10-13(21)22)19-11-7-16(8-11)5-3-1-2-4-6-16/h9,11,19H,1-8,10H2,(H,21,22). The summed E-state index contributed by atoms with van der Waals surface area (Å²) in [6, 6.07) is 0.321. The molecule has 2 saturated carbocycles. The highest BCUT2D eigenvalue weighted by Gasteiger charge is 2.43. The zero-order valence-corrected chi connectivity index (χ0v) is 13.8. The molecule has 2 aliphatic rings. The lowest BCUT2D eigenvalue weighted by molar-refractivity contribution is -0.138. The molecule has 0 aliphatic heterocycles. The monoisotopic (exact) mass is 339 g/mol. The van der Waals surface area contributed by atoms with Gasteiger partial charge in [0.15, 0.2) is 0 Å². The number of anilines is 1. The maximum Gasteiger partial charge on any atom is 0.325 e. The summed E-state index contributed by atoms with van der Waals surface area (Å²) in [7, 11) is 0. The Labute approximate surface area is 139 Å². The number of aromatic nitrogens is 2. The van der Waals surface area contributed by atoms with E-state index in [4.69, 9.17) is 16.7 Å². The first-order valence-corrected chi connectivity index (χ1v) is 8.61. The van der Waals surface area contributed by atoms with Crippen molar-refractivity contribution in [2.45, 2.75) is 64.0 Å². The van der Waals surface area contributed by atoms with Gasteiger partial charge in [0.1, 0.15) is 11.6 Å². The Kier molecular flexibility index (Phi) is 4.62. The first-order chi connectivity index (χ1) is 11.0. The van der Waals surface area contributed by atoms with Crippen molar-refractivity contribution < 1.29 is 9.90 Å². The average molecular weight is 340 g/mol. The predicted molar refractivity (Wildman–Crippen MR) is 87.9 cm³/mol. The number of carboxylic acids is 1. The van der Waals surface area contributed by atoms with Crippen molar-refractivity contribution in [3.63, 3.8) is 0 Å². The van der Waals surface area contributed by atoms with Gasteiger partial charge in [-0.25, -0.2) is 4.68 Å². The molecule has 0 bridgehead atoms. The lowest BCUT2D eigenvalue weighted by Gasteiger charge is -2.48. The maximum absolute atomic E-state index is 12.0. The molecule has 1 aromatic rings. The van der Waals surface area contributed by atoms with E-state index in [0.29, 0.717) is 17.1 Å². The fourth-order valence-electron chi connectivity index (χ4n) is 4.00. The van der Waals surface area contributed by atoms with Gasteiger partial charge >= 0.3 is 5.97 Å². The molecule has 2 aliphatic carbocycles. The fourth-order valence-corrected chi connectivity index (χ4v) is 4.20. The molecule has 1 aromatic heterocycles. The van der Waals surface area contributed by atoms with Gasteiger partial charge in [-0.3, -0.25) is 9.59 Å². The highest BCUT2D eigenvalue weighted by atomic mass is 35.5. The number of nitrogens with zero attached hydrogens (tertiary/aromatic N) is 2. The third kappa shape index (κ3) is 3.52. The van der Waals surface area contributed by atoms with Crippen LogP contribution in [0.15, 0.2) is 11.0 Å². The molecule has 0 aromatic carbocycles. The summed E-state index contributed by atoms with van der Waals surface area (Å²) in [5, 5.41) is 16.0. The highest BCUT2D eigenvalue weighted by Crippen LogP contribution is 2.51. The van der Waals surface area contributed by atoms with Crippen LogP contribution in [0.2, 0.25) is 5.02 Å². The quantitative estimate of drug-likeness (QED) is 0.881. The van der Waals surface area contributed by atoms with Gasteiger partial charge in [0, 0.05) is 6.04 Å². The highest BCUT2D eigenvalue weighted by molar-refractivity contribution is 6.32. The predicted octanol–water partition coefficient (Wildman–Crippen LogP) is 2.90. The molecular weight excluding hydrogens is 318 g/mol. The first-order valence-electron chi connectivity index (χ1n) is 8.23. The van der Waals surface area contributed by atoms with E-state index in [9.17, 15) is 9.59 Å². The molecule has 0 unspecified atom stereocenters. The van der Waals surface area contributed by atoms with Crippen LogP contribution in [0.1, 0.15) is 51.4 Å². The summed E-state index contributed by atoms with van der Waals surface area (Å²) >= 11 is 6.08. The zero-order chi connectivity index (χ0) is 16.4. The van der Waals surface area contributed by atoms with Crippen molar-refractivity contribution in [3.05, 3.63) is 21.6 Å². The van der Waals surface area contributed by atoms with Crippen molar-refractivity contribution in [3.8, 4) is 0 Å². The molecule has 0 saturated heterocycles. The Balaban J connectivity index is 1.64. The number of nitrogens with one attached hydrogen (secondary N) is 1. The SMILES string of the molecule is O=C(O)Cn1ncc(NC2CC3(CCCCCC3)C2)c(Cl)c1=O. The van der Waals surface area contributed by atoms with Crippen molar-refractivity contribution in [2.75, 3.05) is 5.32 Å². The molecule has 3 rings (SSSR count). The Morgan fingerprint density at radius 2 is 2.00 bits per heavy atom. The molecule has 1 heterocycles. The number of aliphatic carboxylic acids is 1. The van der Waals surface area contributed by atoms with E-state index in [1.165, 1.54) is 44.7 Å². The molecule has 2 fully saturated rings. The minimum atomic E-state index is -1.12. The van der Waals surface area contributed by atoms with E-state index in [-0.39, 0.29) is 5.02 Å². The molecule has 0 amide bonds. The number of halogens is 1. The van der Waals surface area contributed by atoms with E-state index in [2.05, 4.69) is 10.4 Å². The van der Waals surface area contributed by atoms with Crippen LogP contribution in [0.3, 0.4) is 0 Å². The Morgan fingerprint density at radius 1 is 1.35 bits per heavy atom. The molecule has 126 valence electrons. The maximum atomic E-state index is 12.0. The van der Waals surface area contributed by atoms with Gasteiger partial charge in [-0.2, -0.15) is 5.10 Å². The molecular formula is C16H22ClN3O3. The van der Waals surface area contributed by atoms with Crippen molar-refractivity contribution in [2.24, 2.45) is 5.41 Å². The topological polar surface area (TPSA) is 84.2 Å². The van der Waals surface area contributed by atoms with Gasteiger partial charge in [-0.05, 0) is 31.1 Å². The second kappa shape index (κ2) is 6.51. The van der Waals surface area contributed by atoms with Crippen LogP contribution < -0.4 is 10.9 Å². The van der Waals surface area contributed by atoms with Crippen LogP contribution in [-0.4, -0.2) is 26.9 Å². The second-order valence-electron chi connectivity index (χ2n) is 6.89. The van der Waals surface area contributed by atoms with Gasteiger partial charge in [-0.1, -0.05) is 37.3 Å². The summed E-state index contributed by atoms with van der Waals surface area (Å²) < 4.78 is 0.864. The normalized spacial score (nSPS) is 20.7. The Morgan fingerprint density at radius 3 is 2.61 bits per heavy atom. The largest absolute Gasteiger partial charge is 0.480 e. The third-order valence-corrected chi connectivity index (χ3v) is 5.52. The summed E-state index contributed by atoms with van der Waals surface area (Å²) in [6.45, 7) is -0.481. The summed E-state index contributed by atoms with van der Waals surface area (Å²) in [5.41, 5.74) is 0.418. The molecule has 23 heavy (non-hydrogen) atoms. The van der Waals surface area contributed by atoms with Crippen LogP contribution in [0.5, 0.6) is 0 Å². The fraction of sp³-hybridized carbons (Fsp3) is 0.688. The van der Waals surface area contributed by atoms with E-state index >= 15 is 0 Å². The van der Waals surface area contributed by atoms with Gasteiger partial charge < -0.3 is 10.4 Å². The molecule has 2 N–H and O–H groups in total. The summed E-state index contributed by atoms with van der Waals surface area (Å²) in [5.74, 6) is -1.12. The van der Waals surface area contributed by atoms with Crippen molar-refractivity contribution >= 4 is 23.3 Å². The second-order valence-corrected chi connectivity index (χ2v) is 7.27. The van der Waals surface area contributed by atoms with Crippen LogP contribution in [0.25, 0.3) is 0 Å². The van der Waals surface area contributed by atoms with Crippen LogP contribution in [0, 0.1) is 5.41 Å². The molecule has 7 heteroatoms. The number of hydrogen-bond acceptors (Lipinski definition) is 4. The van der Waals surface area contributed by atoms with Gasteiger partial charge in [0.2, 0.25) is 0 Å².